The Labute approximate surface area is 162 Å². The lowest BCUT2D eigenvalue weighted by atomic mass is 10.0. The smallest absolute Gasteiger partial charge is 0.247 e. The van der Waals surface area contributed by atoms with E-state index < -0.39 is 11.9 Å². The second-order valence-electron chi connectivity index (χ2n) is 6.24. The van der Waals surface area contributed by atoms with Crippen LogP contribution < -0.4 is 10.1 Å². The first-order valence-corrected chi connectivity index (χ1v) is 9.03. The van der Waals surface area contributed by atoms with Crippen molar-refractivity contribution in [1.82, 2.24) is 10.2 Å². The Balaban J connectivity index is 1.78. The molecule has 0 radical (unpaired) electrons. The van der Waals surface area contributed by atoms with Crippen molar-refractivity contribution in [2.24, 2.45) is 0 Å². The van der Waals surface area contributed by atoms with Gasteiger partial charge in [-0.05, 0) is 24.1 Å². The molecule has 1 heterocycles. The number of piperazine rings is 1. The van der Waals surface area contributed by atoms with Crippen molar-refractivity contribution in [2.75, 3.05) is 20.2 Å². The SMILES string of the molecule is COc1cccc(CCC(=O)N2CCNC(=O)[C@@H]2c2ccccc2Cl)c1F. The second-order valence-corrected chi connectivity index (χ2v) is 6.64. The third-order valence-electron chi connectivity index (χ3n) is 4.60. The van der Waals surface area contributed by atoms with Gasteiger partial charge in [-0.2, -0.15) is 0 Å². The molecule has 1 aliphatic rings. The Bertz CT molecular complexity index is 859. The van der Waals surface area contributed by atoms with Crippen molar-refractivity contribution < 1.29 is 18.7 Å². The minimum atomic E-state index is -0.782. The van der Waals surface area contributed by atoms with Crippen LogP contribution in [-0.4, -0.2) is 36.9 Å². The average Bonchev–Trinajstić information content (AvgIpc) is 2.67. The maximum absolute atomic E-state index is 14.3. The van der Waals surface area contributed by atoms with Crippen molar-refractivity contribution in [2.45, 2.75) is 18.9 Å². The van der Waals surface area contributed by atoms with Crippen molar-refractivity contribution >= 4 is 23.4 Å². The number of carbonyl (C=O) groups is 2. The Kier molecular flexibility index (Phi) is 5.96. The monoisotopic (exact) mass is 390 g/mol. The van der Waals surface area contributed by atoms with Crippen molar-refractivity contribution in [3.05, 3.63) is 64.4 Å². The van der Waals surface area contributed by atoms with Crippen LogP contribution in [-0.2, 0) is 16.0 Å². The molecule has 1 atom stereocenters. The number of amides is 2. The number of rotatable bonds is 5. The standard InChI is InChI=1S/C20H20ClFN2O3/c1-27-16-8-4-5-13(18(16)22)9-10-17(25)24-12-11-23-20(26)19(24)14-6-2-3-7-15(14)21/h2-8,19H,9-12H2,1H3,(H,23,26)/t19-/m0/s1. The van der Waals surface area contributed by atoms with Crippen LogP contribution in [0.5, 0.6) is 5.75 Å². The van der Waals surface area contributed by atoms with Gasteiger partial charge in [-0.25, -0.2) is 4.39 Å². The summed E-state index contributed by atoms with van der Waals surface area (Å²) in [6.45, 7) is 0.750. The molecule has 5 nitrogen and oxygen atoms in total. The Morgan fingerprint density at radius 2 is 2.07 bits per heavy atom. The maximum Gasteiger partial charge on any atom is 0.247 e. The number of methoxy groups -OCH3 is 1. The quantitative estimate of drug-likeness (QED) is 0.853. The van der Waals surface area contributed by atoms with Gasteiger partial charge in [0.05, 0.1) is 7.11 Å². The normalized spacial score (nSPS) is 16.8. The fourth-order valence-corrected chi connectivity index (χ4v) is 3.47. The number of nitrogens with one attached hydrogen (secondary N) is 1. The van der Waals surface area contributed by atoms with E-state index in [2.05, 4.69) is 5.32 Å². The van der Waals surface area contributed by atoms with E-state index in [1.54, 1.807) is 36.4 Å². The third-order valence-corrected chi connectivity index (χ3v) is 4.95. The summed E-state index contributed by atoms with van der Waals surface area (Å²) in [6.07, 6.45) is 0.299. The van der Waals surface area contributed by atoms with E-state index in [0.29, 0.717) is 29.2 Å². The Morgan fingerprint density at radius 1 is 1.30 bits per heavy atom. The fraction of sp³-hybridized carbons (Fsp3) is 0.300. The molecule has 0 saturated carbocycles. The molecular formula is C20H20ClFN2O3. The molecule has 2 amide bonds. The molecule has 2 aromatic carbocycles. The summed E-state index contributed by atoms with van der Waals surface area (Å²) in [5, 5.41) is 3.20. The second kappa shape index (κ2) is 8.39. The van der Waals surface area contributed by atoms with Gasteiger partial charge in [-0.15, -0.1) is 0 Å². The number of halogens is 2. The van der Waals surface area contributed by atoms with E-state index in [1.807, 2.05) is 0 Å². The summed E-state index contributed by atoms with van der Waals surface area (Å²) in [5.41, 5.74) is 0.982. The van der Waals surface area contributed by atoms with Crippen LogP contribution in [0.15, 0.2) is 42.5 Å². The number of aryl methyl sites for hydroxylation is 1. The highest BCUT2D eigenvalue weighted by Crippen LogP contribution is 2.30. The minimum Gasteiger partial charge on any atom is -0.494 e. The maximum atomic E-state index is 14.3. The zero-order chi connectivity index (χ0) is 19.4. The first kappa shape index (κ1) is 19.2. The summed E-state index contributed by atoms with van der Waals surface area (Å²) < 4.78 is 19.3. The van der Waals surface area contributed by atoms with E-state index >= 15 is 0 Å². The van der Waals surface area contributed by atoms with Crippen LogP contribution in [0.3, 0.4) is 0 Å². The molecule has 0 aromatic heterocycles. The van der Waals surface area contributed by atoms with E-state index in [0.717, 1.165) is 0 Å². The molecule has 1 aliphatic heterocycles. The molecule has 1 fully saturated rings. The van der Waals surface area contributed by atoms with Crippen molar-refractivity contribution in [3.8, 4) is 5.75 Å². The van der Waals surface area contributed by atoms with Crippen LogP contribution in [0, 0.1) is 5.82 Å². The first-order valence-electron chi connectivity index (χ1n) is 8.66. The van der Waals surface area contributed by atoms with Crippen LogP contribution in [0.2, 0.25) is 5.02 Å². The highest BCUT2D eigenvalue weighted by Gasteiger charge is 2.35. The molecule has 7 heteroatoms. The topological polar surface area (TPSA) is 58.6 Å². The number of ether oxygens (including phenoxy) is 1. The van der Waals surface area contributed by atoms with Crippen molar-refractivity contribution in [3.63, 3.8) is 0 Å². The van der Waals surface area contributed by atoms with E-state index in [-0.39, 0.29) is 30.4 Å². The summed E-state index contributed by atoms with van der Waals surface area (Å²) >= 11 is 6.24. The van der Waals surface area contributed by atoms with Gasteiger partial charge in [0.25, 0.3) is 0 Å². The van der Waals surface area contributed by atoms with E-state index in [1.165, 1.54) is 18.1 Å². The van der Waals surface area contributed by atoms with E-state index in [9.17, 15) is 14.0 Å². The molecule has 1 N–H and O–H groups in total. The van der Waals surface area contributed by atoms with Gasteiger partial charge < -0.3 is 15.0 Å². The zero-order valence-electron chi connectivity index (χ0n) is 14.9. The largest absolute Gasteiger partial charge is 0.494 e. The number of hydrogen-bond donors (Lipinski definition) is 1. The summed E-state index contributed by atoms with van der Waals surface area (Å²) in [5.74, 6) is -0.815. The first-order chi connectivity index (χ1) is 13.0. The molecule has 0 bridgehead atoms. The lowest BCUT2D eigenvalue weighted by Gasteiger charge is -2.35. The summed E-state index contributed by atoms with van der Waals surface area (Å²) in [6, 6.07) is 11.0. The highest BCUT2D eigenvalue weighted by molar-refractivity contribution is 6.31. The molecule has 3 rings (SSSR count). The molecule has 0 spiro atoms. The molecule has 0 aliphatic carbocycles. The molecule has 2 aromatic rings. The van der Waals surface area contributed by atoms with Gasteiger partial charge in [0, 0.05) is 30.1 Å². The van der Waals surface area contributed by atoms with Gasteiger partial charge in [-0.1, -0.05) is 41.9 Å². The zero-order valence-corrected chi connectivity index (χ0v) is 15.6. The fourth-order valence-electron chi connectivity index (χ4n) is 3.23. The predicted molar refractivity (Wildman–Crippen MR) is 100 cm³/mol. The number of carbonyl (C=O) groups excluding carboxylic acids is 2. The molecular weight excluding hydrogens is 371 g/mol. The lowest BCUT2D eigenvalue weighted by molar-refractivity contribution is -0.143. The van der Waals surface area contributed by atoms with Crippen LogP contribution >= 0.6 is 11.6 Å². The molecule has 0 unspecified atom stereocenters. The van der Waals surface area contributed by atoms with Crippen LogP contribution in [0.1, 0.15) is 23.6 Å². The van der Waals surface area contributed by atoms with Gasteiger partial charge in [0.1, 0.15) is 6.04 Å². The third kappa shape index (κ3) is 4.06. The van der Waals surface area contributed by atoms with E-state index in [4.69, 9.17) is 16.3 Å². The summed E-state index contributed by atoms with van der Waals surface area (Å²) in [4.78, 5) is 26.8. The number of benzene rings is 2. The highest BCUT2D eigenvalue weighted by atomic mass is 35.5. The van der Waals surface area contributed by atoms with Crippen LogP contribution in [0.4, 0.5) is 4.39 Å². The Hall–Kier alpha value is -2.60. The average molecular weight is 391 g/mol. The molecule has 142 valence electrons. The van der Waals surface area contributed by atoms with Gasteiger partial charge in [0.15, 0.2) is 11.6 Å². The Morgan fingerprint density at radius 3 is 2.81 bits per heavy atom. The van der Waals surface area contributed by atoms with Crippen LogP contribution in [0.25, 0.3) is 0 Å². The summed E-state index contributed by atoms with van der Waals surface area (Å²) in [7, 11) is 1.40. The number of hydrogen-bond acceptors (Lipinski definition) is 3. The van der Waals surface area contributed by atoms with Crippen molar-refractivity contribution in [1.29, 1.82) is 0 Å². The minimum absolute atomic E-state index is 0.0817. The van der Waals surface area contributed by atoms with Gasteiger partial charge in [-0.3, -0.25) is 9.59 Å². The lowest BCUT2D eigenvalue weighted by Crippen LogP contribution is -2.52. The van der Waals surface area contributed by atoms with Gasteiger partial charge >= 0.3 is 0 Å². The molecule has 1 saturated heterocycles. The predicted octanol–water partition coefficient (Wildman–Crippen LogP) is 3.12. The number of nitrogens with zero attached hydrogens (tertiary/aromatic N) is 1. The van der Waals surface area contributed by atoms with Gasteiger partial charge in [0.2, 0.25) is 11.8 Å². The molecule has 27 heavy (non-hydrogen) atoms.